The van der Waals surface area contributed by atoms with Crippen LogP contribution in [-0.2, 0) is 0 Å². The summed E-state index contributed by atoms with van der Waals surface area (Å²) in [4.78, 5) is 16.3. The van der Waals surface area contributed by atoms with Gasteiger partial charge in [-0.2, -0.15) is 5.26 Å². The summed E-state index contributed by atoms with van der Waals surface area (Å²) in [6.07, 6.45) is 0. The van der Waals surface area contributed by atoms with Crippen LogP contribution in [0.1, 0.15) is 17.3 Å². The quantitative estimate of drug-likeness (QED) is 0.713. The van der Waals surface area contributed by atoms with Crippen molar-refractivity contribution in [3.05, 3.63) is 32.4 Å². The van der Waals surface area contributed by atoms with E-state index in [-0.39, 0.29) is 11.9 Å². The first kappa shape index (κ1) is 15.5. The van der Waals surface area contributed by atoms with Gasteiger partial charge < -0.3 is 4.90 Å². The highest BCUT2D eigenvalue weighted by atomic mass is 127. The van der Waals surface area contributed by atoms with Gasteiger partial charge in [0.1, 0.15) is 0 Å². The van der Waals surface area contributed by atoms with Crippen molar-refractivity contribution in [2.75, 3.05) is 26.2 Å². The Morgan fingerprint density at radius 1 is 1.40 bits per heavy atom. The van der Waals surface area contributed by atoms with Crippen LogP contribution in [0.25, 0.3) is 0 Å². The molecule has 4 nitrogen and oxygen atoms in total. The van der Waals surface area contributed by atoms with Crippen molar-refractivity contribution in [2.45, 2.75) is 13.0 Å². The Bertz CT molecular complexity index is 550. The van der Waals surface area contributed by atoms with Gasteiger partial charge in [0.2, 0.25) is 0 Å². The number of hydrogen-bond donors (Lipinski definition) is 0. The zero-order chi connectivity index (χ0) is 14.7. The van der Waals surface area contributed by atoms with Crippen molar-refractivity contribution in [1.82, 2.24) is 9.80 Å². The Balaban J connectivity index is 2.01. The molecule has 0 bridgehead atoms. The van der Waals surface area contributed by atoms with Crippen molar-refractivity contribution < 1.29 is 4.79 Å². The molecule has 0 aromatic heterocycles. The number of piperazine rings is 1. The van der Waals surface area contributed by atoms with Crippen molar-refractivity contribution in [2.24, 2.45) is 0 Å². The lowest BCUT2D eigenvalue weighted by Gasteiger charge is -2.35. The molecule has 1 atom stereocenters. The van der Waals surface area contributed by atoms with Crippen LogP contribution in [0.2, 0.25) is 5.02 Å². The Morgan fingerprint density at radius 3 is 2.60 bits per heavy atom. The SMILES string of the molecule is CC(C#N)N1CCN(C(=O)c2ccc(I)c(Cl)c2)CC1. The molecule has 1 unspecified atom stereocenters. The number of carbonyl (C=O) groups excluding carboxylic acids is 1. The van der Waals surface area contributed by atoms with Crippen molar-refractivity contribution in [3.8, 4) is 6.07 Å². The number of rotatable bonds is 2. The Kier molecular flexibility index (Phi) is 5.24. The number of nitrogens with zero attached hydrogens (tertiary/aromatic N) is 3. The second-order valence-electron chi connectivity index (χ2n) is 4.76. The third-order valence-electron chi connectivity index (χ3n) is 3.50. The Hall–Kier alpha value is -0.840. The van der Waals surface area contributed by atoms with E-state index >= 15 is 0 Å². The van der Waals surface area contributed by atoms with Gasteiger partial charge >= 0.3 is 0 Å². The number of hydrogen-bond acceptors (Lipinski definition) is 3. The zero-order valence-electron chi connectivity index (χ0n) is 11.1. The third-order valence-corrected chi connectivity index (χ3v) is 5.07. The van der Waals surface area contributed by atoms with Gasteiger partial charge in [-0.05, 0) is 47.7 Å². The number of benzene rings is 1. The summed E-state index contributed by atoms with van der Waals surface area (Å²) in [6, 6.07) is 7.51. The molecule has 1 amide bonds. The van der Waals surface area contributed by atoms with Gasteiger partial charge in [-0.15, -0.1) is 0 Å². The smallest absolute Gasteiger partial charge is 0.253 e. The van der Waals surface area contributed by atoms with Gasteiger partial charge in [0.25, 0.3) is 5.91 Å². The maximum absolute atomic E-state index is 12.4. The van der Waals surface area contributed by atoms with Crippen LogP contribution < -0.4 is 0 Å². The average Bonchev–Trinajstić information content (AvgIpc) is 2.48. The topological polar surface area (TPSA) is 47.3 Å². The molecule has 20 heavy (non-hydrogen) atoms. The molecule has 1 aromatic rings. The number of halogens is 2. The highest BCUT2D eigenvalue weighted by molar-refractivity contribution is 14.1. The summed E-state index contributed by atoms with van der Waals surface area (Å²) in [5.74, 6) is 0.00700. The fourth-order valence-electron chi connectivity index (χ4n) is 2.21. The van der Waals surface area contributed by atoms with Crippen LogP contribution in [0.3, 0.4) is 0 Å². The molecule has 2 rings (SSSR count). The zero-order valence-corrected chi connectivity index (χ0v) is 14.1. The molecule has 0 radical (unpaired) electrons. The van der Waals surface area contributed by atoms with Gasteiger partial charge in [0.15, 0.2) is 0 Å². The maximum Gasteiger partial charge on any atom is 0.253 e. The summed E-state index contributed by atoms with van der Waals surface area (Å²) in [7, 11) is 0. The van der Waals surface area contributed by atoms with Crippen LogP contribution in [0.15, 0.2) is 18.2 Å². The second kappa shape index (κ2) is 6.74. The molecule has 1 aromatic carbocycles. The van der Waals surface area contributed by atoms with E-state index in [0.29, 0.717) is 23.7 Å². The van der Waals surface area contributed by atoms with Crippen molar-refractivity contribution in [3.63, 3.8) is 0 Å². The van der Waals surface area contributed by atoms with Crippen LogP contribution in [-0.4, -0.2) is 47.9 Å². The summed E-state index contributed by atoms with van der Waals surface area (Å²) in [5, 5.41) is 9.51. The van der Waals surface area contributed by atoms with Crippen LogP contribution in [0.5, 0.6) is 0 Å². The van der Waals surface area contributed by atoms with Crippen LogP contribution in [0, 0.1) is 14.9 Å². The molecule has 0 N–H and O–H groups in total. The van der Waals surface area contributed by atoms with Crippen molar-refractivity contribution >= 4 is 40.1 Å². The average molecular weight is 404 g/mol. The molecule has 0 spiro atoms. The Labute approximate surface area is 137 Å². The number of carbonyl (C=O) groups is 1. The van der Waals surface area contributed by atoms with Gasteiger partial charge in [0, 0.05) is 35.3 Å². The normalized spacial score (nSPS) is 17.6. The van der Waals surface area contributed by atoms with E-state index in [1.165, 1.54) is 0 Å². The van der Waals surface area contributed by atoms with E-state index in [2.05, 4.69) is 33.6 Å². The highest BCUT2D eigenvalue weighted by Gasteiger charge is 2.24. The van der Waals surface area contributed by atoms with Crippen LogP contribution >= 0.6 is 34.2 Å². The van der Waals surface area contributed by atoms with Gasteiger partial charge in [-0.3, -0.25) is 9.69 Å². The van der Waals surface area contributed by atoms with Crippen molar-refractivity contribution in [1.29, 1.82) is 5.26 Å². The summed E-state index contributed by atoms with van der Waals surface area (Å²) >= 11 is 8.20. The molecule has 0 saturated carbocycles. The summed E-state index contributed by atoms with van der Waals surface area (Å²) in [5.41, 5.74) is 0.622. The predicted octanol–water partition coefficient (Wildman–Crippen LogP) is 2.61. The molecular formula is C14H15ClIN3O. The van der Waals surface area contributed by atoms with Gasteiger partial charge in [-0.1, -0.05) is 11.6 Å². The van der Waals surface area contributed by atoms with E-state index in [1.54, 1.807) is 12.1 Å². The van der Waals surface area contributed by atoms with E-state index in [4.69, 9.17) is 16.9 Å². The first-order valence-electron chi connectivity index (χ1n) is 6.41. The molecule has 1 fully saturated rings. The van der Waals surface area contributed by atoms with E-state index in [9.17, 15) is 4.79 Å². The molecule has 1 aliphatic rings. The molecule has 1 heterocycles. The fraction of sp³-hybridized carbons (Fsp3) is 0.429. The monoisotopic (exact) mass is 403 g/mol. The first-order chi connectivity index (χ1) is 9.52. The lowest BCUT2D eigenvalue weighted by Crippen LogP contribution is -2.51. The number of nitriles is 1. The minimum absolute atomic E-state index is 0.00700. The minimum Gasteiger partial charge on any atom is -0.336 e. The molecule has 6 heteroatoms. The molecular weight excluding hydrogens is 389 g/mol. The van der Waals surface area contributed by atoms with E-state index < -0.39 is 0 Å². The largest absolute Gasteiger partial charge is 0.336 e. The standard InChI is InChI=1S/C14H15ClIN3O/c1-10(9-17)18-4-6-19(7-5-18)14(20)11-2-3-13(16)12(15)8-11/h2-3,8,10H,4-7H2,1H3. The number of amides is 1. The fourth-order valence-corrected chi connectivity index (χ4v) is 2.72. The van der Waals surface area contributed by atoms with E-state index in [1.807, 2.05) is 17.9 Å². The summed E-state index contributed by atoms with van der Waals surface area (Å²) in [6.45, 7) is 4.65. The molecule has 1 aliphatic heterocycles. The third kappa shape index (κ3) is 3.43. The maximum atomic E-state index is 12.4. The van der Waals surface area contributed by atoms with E-state index in [0.717, 1.165) is 16.7 Å². The van der Waals surface area contributed by atoms with Gasteiger partial charge in [0.05, 0.1) is 17.1 Å². The lowest BCUT2D eigenvalue weighted by atomic mass is 10.1. The highest BCUT2D eigenvalue weighted by Crippen LogP contribution is 2.21. The van der Waals surface area contributed by atoms with Crippen LogP contribution in [0.4, 0.5) is 0 Å². The molecule has 0 aliphatic carbocycles. The molecule has 1 saturated heterocycles. The predicted molar refractivity (Wildman–Crippen MR) is 86.7 cm³/mol. The second-order valence-corrected chi connectivity index (χ2v) is 6.33. The summed E-state index contributed by atoms with van der Waals surface area (Å²) < 4.78 is 0.938. The minimum atomic E-state index is -0.0972. The molecule has 106 valence electrons. The Morgan fingerprint density at radius 2 is 2.05 bits per heavy atom. The van der Waals surface area contributed by atoms with Gasteiger partial charge in [-0.25, -0.2) is 0 Å². The first-order valence-corrected chi connectivity index (χ1v) is 7.86. The lowest BCUT2D eigenvalue weighted by molar-refractivity contribution is 0.0615.